The van der Waals surface area contributed by atoms with Gasteiger partial charge < -0.3 is 34.5 Å². The van der Waals surface area contributed by atoms with Crippen molar-refractivity contribution in [3.05, 3.63) is 24.2 Å². The predicted octanol–water partition coefficient (Wildman–Crippen LogP) is 0.448. The molecule has 4 N–H and O–H groups in total. The number of amides is 1. The highest BCUT2D eigenvalue weighted by Gasteiger charge is 2.48. The monoisotopic (exact) mass is 537 g/mol. The number of anilines is 1. The summed E-state index contributed by atoms with van der Waals surface area (Å²) in [4.78, 5) is 51.2. The van der Waals surface area contributed by atoms with E-state index in [2.05, 4.69) is 20.1 Å². The molecule has 5 atom stereocenters. The number of nitrogens with two attached hydrogens (primary N) is 1. The van der Waals surface area contributed by atoms with Gasteiger partial charge in [0.05, 0.1) is 5.69 Å². The number of carbonyl (C=O) groups excluding carboxylic acids is 4. The Morgan fingerprint density at radius 3 is 2.61 bits per heavy atom. The molecule has 0 unspecified atom stereocenters. The van der Waals surface area contributed by atoms with Crippen LogP contribution in [0.4, 0.5) is 10.6 Å². The Morgan fingerprint density at radius 2 is 1.95 bits per heavy atom. The van der Waals surface area contributed by atoms with Crippen molar-refractivity contribution in [2.75, 3.05) is 18.7 Å². The quantitative estimate of drug-likeness (QED) is 0.214. The third kappa shape index (κ3) is 6.73. The molecule has 2 aromatic heterocycles. The van der Waals surface area contributed by atoms with Gasteiger partial charge >= 0.3 is 24.0 Å². The smallest absolute Gasteiger partial charge is 0.415 e. The number of nitrogens with one attached hydrogen (secondary N) is 1. The zero-order valence-corrected chi connectivity index (χ0v) is 21.4. The van der Waals surface area contributed by atoms with E-state index in [-0.39, 0.29) is 24.8 Å². The summed E-state index contributed by atoms with van der Waals surface area (Å²) in [5.41, 5.74) is 6.50. The van der Waals surface area contributed by atoms with Crippen LogP contribution in [-0.2, 0) is 38.1 Å². The fourth-order valence-electron chi connectivity index (χ4n) is 3.60. The number of rotatable bonds is 10. The number of ether oxygens (including phenoxy) is 5. The molecule has 15 nitrogen and oxygen atoms in total. The van der Waals surface area contributed by atoms with Gasteiger partial charge in [-0.05, 0) is 18.1 Å². The number of hydrogen-bond donors (Lipinski definition) is 3. The lowest BCUT2D eigenvalue weighted by atomic mass is 10.1. The number of aromatic nitrogens is 3. The average Bonchev–Trinajstić information content (AvgIpc) is 3.43. The number of aliphatic hydroxyl groups excluding tert-OH is 1. The Labute approximate surface area is 217 Å². The zero-order valence-electron chi connectivity index (χ0n) is 21.4. The van der Waals surface area contributed by atoms with Crippen molar-refractivity contribution in [1.82, 2.24) is 14.6 Å². The minimum absolute atomic E-state index is 0.0580. The first kappa shape index (κ1) is 28.7. The van der Waals surface area contributed by atoms with Crippen molar-refractivity contribution >= 4 is 35.3 Å². The van der Waals surface area contributed by atoms with E-state index in [9.17, 15) is 24.3 Å². The Morgan fingerprint density at radius 1 is 1.21 bits per heavy atom. The number of nitrogens with zero attached hydrogens (tertiary/aromatic N) is 3. The van der Waals surface area contributed by atoms with Gasteiger partial charge in [0.15, 0.2) is 11.9 Å². The van der Waals surface area contributed by atoms with Gasteiger partial charge in [0.25, 0.3) is 0 Å². The molecule has 0 radical (unpaired) electrons. The summed E-state index contributed by atoms with van der Waals surface area (Å²) in [6, 6.07) is 2.29. The summed E-state index contributed by atoms with van der Waals surface area (Å²) in [5, 5.41) is 17.6. The fraction of sp³-hybridized carbons (Fsp3) is 0.565. The van der Waals surface area contributed by atoms with Crippen LogP contribution in [0.2, 0.25) is 0 Å². The van der Waals surface area contributed by atoms with Gasteiger partial charge in [-0.1, -0.05) is 20.8 Å². The third-order valence-electron chi connectivity index (χ3n) is 5.72. The van der Waals surface area contributed by atoms with Gasteiger partial charge in [-0.15, -0.1) is 0 Å². The SMILES string of the molecule is CCC(=O)O[C@H]1[C@@H](O)[C@H](c2ccc3c(NC(=O)OCOC(C)=O)ncnn23)O[C@@H]1COC(=O)[C@@H](N)C(C)C. The van der Waals surface area contributed by atoms with Gasteiger partial charge in [-0.3, -0.25) is 19.7 Å². The first-order valence-corrected chi connectivity index (χ1v) is 11.9. The molecule has 2 aromatic rings. The second-order valence-corrected chi connectivity index (χ2v) is 8.77. The minimum atomic E-state index is -1.34. The third-order valence-corrected chi connectivity index (χ3v) is 5.72. The van der Waals surface area contributed by atoms with Crippen LogP contribution in [0.1, 0.15) is 45.9 Å². The summed E-state index contributed by atoms with van der Waals surface area (Å²) in [7, 11) is 0. The van der Waals surface area contributed by atoms with E-state index in [1.807, 2.05) is 0 Å². The van der Waals surface area contributed by atoms with E-state index in [0.717, 1.165) is 6.33 Å². The number of hydrogen-bond acceptors (Lipinski definition) is 13. The average molecular weight is 538 g/mol. The molecule has 208 valence electrons. The van der Waals surface area contributed by atoms with Crippen molar-refractivity contribution in [1.29, 1.82) is 0 Å². The molecule has 1 aliphatic heterocycles. The molecule has 0 aliphatic carbocycles. The molecule has 38 heavy (non-hydrogen) atoms. The van der Waals surface area contributed by atoms with Crippen LogP contribution in [0.25, 0.3) is 5.52 Å². The van der Waals surface area contributed by atoms with Gasteiger partial charge in [-0.25, -0.2) is 14.3 Å². The van der Waals surface area contributed by atoms with Crippen LogP contribution in [-0.4, -0.2) is 81.5 Å². The van der Waals surface area contributed by atoms with Crippen molar-refractivity contribution in [2.45, 2.75) is 64.6 Å². The number of carbonyl (C=O) groups is 4. The van der Waals surface area contributed by atoms with Crippen LogP contribution >= 0.6 is 0 Å². The lowest BCUT2D eigenvalue weighted by Gasteiger charge is -2.21. The molecule has 0 saturated carbocycles. The molecular formula is C23H31N5O10. The van der Waals surface area contributed by atoms with E-state index >= 15 is 0 Å². The summed E-state index contributed by atoms with van der Waals surface area (Å²) >= 11 is 0. The van der Waals surface area contributed by atoms with Gasteiger partial charge in [-0.2, -0.15) is 5.10 Å². The van der Waals surface area contributed by atoms with Gasteiger partial charge in [0, 0.05) is 13.3 Å². The van der Waals surface area contributed by atoms with Gasteiger partial charge in [0.2, 0.25) is 6.79 Å². The lowest BCUT2D eigenvalue weighted by Crippen LogP contribution is -2.41. The standard InChI is InChI=1S/C23H31N5O10/c1-5-16(30)38-20-15(8-34-22(32)17(24)11(2)3)37-19(18(20)31)13-6-7-14-21(25-9-26-28(13)14)27-23(33)36-10-35-12(4)29/h6-7,9,11,15,17-20,31H,5,8,10,24H2,1-4H3,(H,25,26,27,33)/t15-,17+,18+,19+,20-/m1/s1. The molecule has 0 bridgehead atoms. The van der Waals surface area contributed by atoms with Crippen LogP contribution in [0.5, 0.6) is 0 Å². The summed E-state index contributed by atoms with van der Waals surface area (Å²) in [6.07, 6.45) is -4.24. The Hall–Kier alpha value is -3.82. The van der Waals surface area contributed by atoms with Crippen LogP contribution in [0.3, 0.4) is 0 Å². The van der Waals surface area contributed by atoms with Crippen molar-refractivity contribution < 1.29 is 48.0 Å². The highest BCUT2D eigenvalue weighted by molar-refractivity contribution is 5.88. The molecule has 3 rings (SSSR count). The molecule has 1 aliphatic rings. The molecular weight excluding hydrogens is 506 g/mol. The van der Waals surface area contributed by atoms with Crippen molar-refractivity contribution in [2.24, 2.45) is 11.7 Å². The molecule has 3 heterocycles. The van der Waals surface area contributed by atoms with Crippen LogP contribution in [0.15, 0.2) is 18.5 Å². The van der Waals surface area contributed by atoms with E-state index in [4.69, 9.17) is 24.7 Å². The topological polar surface area (TPSA) is 203 Å². The molecule has 0 aromatic carbocycles. The van der Waals surface area contributed by atoms with E-state index in [0.29, 0.717) is 11.2 Å². The van der Waals surface area contributed by atoms with Crippen LogP contribution in [0, 0.1) is 5.92 Å². The number of esters is 3. The van der Waals surface area contributed by atoms with Crippen molar-refractivity contribution in [3.63, 3.8) is 0 Å². The fourth-order valence-corrected chi connectivity index (χ4v) is 3.60. The van der Waals surface area contributed by atoms with E-state index < -0.39 is 61.3 Å². The van der Waals surface area contributed by atoms with Gasteiger partial charge in [0.1, 0.15) is 42.8 Å². The summed E-state index contributed by atoms with van der Waals surface area (Å²) < 4.78 is 27.4. The maximum absolute atomic E-state index is 12.3. The second-order valence-electron chi connectivity index (χ2n) is 8.77. The molecule has 1 amide bonds. The maximum Gasteiger partial charge on any atom is 0.415 e. The summed E-state index contributed by atoms with van der Waals surface area (Å²) in [6.45, 7) is 5.41. The highest BCUT2D eigenvalue weighted by atomic mass is 16.7. The maximum atomic E-state index is 12.3. The second kappa shape index (κ2) is 12.6. The number of aliphatic hydroxyl groups is 1. The van der Waals surface area contributed by atoms with E-state index in [1.54, 1.807) is 32.9 Å². The first-order chi connectivity index (χ1) is 18.0. The first-order valence-electron chi connectivity index (χ1n) is 11.9. The van der Waals surface area contributed by atoms with E-state index in [1.165, 1.54) is 11.4 Å². The Balaban J connectivity index is 1.80. The van der Waals surface area contributed by atoms with Crippen molar-refractivity contribution in [3.8, 4) is 0 Å². The van der Waals surface area contributed by atoms with Crippen LogP contribution < -0.4 is 11.1 Å². The number of fused-ring (bicyclic) bond motifs is 1. The minimum Gasteiger partial charge on any atom is -0.462 e. The highest BCUT2D eigenvalue weighted by Crippen LogP contribution is 2.36. The Kier molecular flexibility index (Phi) is 9.55. The molecule has 1 saturated heterocycles. The molecule has 1 fully saturated rings. The Bertz CT molecular complexity index is 1170. The molecule has 0 spiro atoms. The lowest BCUT2D eigenvalue weighted by molar-refractivity contribution is -0.160. The molecule has 15 heteroatoms. The largest absolute Gasteiger partial charge is 0.462 e. The normalized spacial score (nSPS) is 21.7. The summed E-state index contributed by atoms with van der Waals surface area (Å²) in [5.74, 6) is -1.94. The predicted molar refractivity (Wildman–Crippen MR) is 127 cm³/mol. The zero-order chi connectivity index (χ0) is 28.0.